The molecule has 1 saturated heterocycles. The van der Waals surface area contributed by atoms with Crippen LogP contribution in [0, 0.1) is 0 Å². The van der Waals surface area contributed by atoms with Crippen molar-refractivity contribution in [3.8, 4) is 0 Å². The topological polar surface area (TPSA) is 79.4 Å². The summed E-state index contributed by atoms with van der Waals surface area (Å²) in [6.07, 6.45) is 0. The Kier molecular flexibility index (Phi) is 7.09. The van der Waals surface area contributed by atoms with Crippen LogP contribution in [0.15, 0.2) is 29.4 Å². The molecule has 1 aromatic carbocycles. The van der Waals surface area contributed by atoms with Gasteiger partial charge in [0, 0.05) is 37.1 Å². The summed E-state index contributed by atoms with van der Waals surface area (Å²) in [4.78, 5) is 23.9. The van der Waals surface area contributed by atoms with E-state index in [-0.39, 0.29) is 11.4 Å². The second-order valence-corrected chi connectivity index (χ2v) is 8.32. The number of rotatable bonds is 8. The van der Waals surface area contributed by atoms with Crippen LogP contribution in [0.3, 0.4) is 0 Å². The number of thioether (sulfide) groups is 1. The van der Waals surface area contributed by atoms with Crippen molar-refractivity contribution in [2.45, 2.75) is 31.5 Å². The average Bonchev–Trinajstić information content (AvgIpc) is 2.72. The highest BCUT2D eigenvalue weighted by Gasteiger charge is 2.28. The third-order valence-electron chi connectivity index (χ3n) is 4.84. The van der Waals surface area contributed by atoms with Gasteiger partial charge in [0.15, 0.2) is 5.16 Å². The van der Waals surface area contributed by atoms with Gasteiger partial charge in [-0.1, -0.05) is 23.9 Å². The quantitative estimate of drug-likeness (QED) is 0.517. The van der Waals surface area contributed by atoms with E-state index in [4.69, 9.17) is 4.74 Å². The molecule has 0 atom stereocenters. The minimum absolute atomic E-state index is 0.00639. The number of benzene rings is 1. The largest absolute Gasteiger partial charge is 0.379 e. The molecule has 1 aromatic heterocycles. The summed E-state index contributed by atoms with van der Waals surface area (Å²) in [5.41, 5.74) is 0.784. The summed E-state index contributed by atoms with van der Waals surface area (Å²) in [7, 11) is 0. The first kappa shape index (κ1) is 20.8. The highest BCUT2D eigenvalue weighted by molar-refractivity contribution is 7.99. The normalized spacial score (nSPS) is 15.5. The number of para-hydroxylation sites is 1. The molecule has 2 aromatic rings. The van der Waals surface area contributed by atoms with Gasteiger partial charge in [0.25, 0.3) is 0 Å². The number of morpholine rings is 1. The number of nitrogens with one attached hydrogen (secondary N) is 2. The van der Waals surface area contributed by atoms with E-state index in [1.54, 1.807) is 0 Å². The minimum atomic E-state index is -0.0955. The third-order valence-corrected chi connectivity index (χ3v) is 5.69. The van der Waals surface area contributed by atoms with E-state index >= 15 is 0 Å². The number of hydrogen-bond acceptors (Lipinski definition) is 7. The Morgan fingerprint density at radius 3 is 2.75 bits per heavy atom. The number of aromatic nitrogens is 2. The van der Waals surface area contributed by atoms with Crippen LogP contribution in [0.4, 0.5) is 5.82 Å². The molecule has 7 nitrogen and oxygen atoms in total. The number of carbonyl (C=O) groups is 1. The second kappa shape index (κ2) is 9.54. The highest BCUT2D eigenvalue weighted by Crippen LogP contribution is 2.24. The molecule has 1 fully saturated rings. The minimum Gasteiger partial charge on any atom is -0.379 e. The van der Waals surface area contributed by atoms with Crippen LogP contribution in [0.1, 0.15) is 20.8 Å². The van der Waals surface area contributed by atoms with E-state index in [1.807, 2.05) is 31.2 Å². The van der Waals surface area contributed by atoms with E-state index in [0.29, 0.717) is 17.5 Å². The predicted octanol–water partition coefficient (Wildman–Crippen LogP) is 2.38. The zero-order valence-corrected chi connectivity index (χ0v) is 17.6. The van der Waals surface area contributed by atoms with Crippen LogP contribution in [-0.2, 0) is 9.53 Å². The van der Waals surface area contributed by atoms with Gasteiger partial charge in [-0.15, -0.1) is 0 Å². The van der Waals surface area contributed by atoms with Crippen LogP contribution in [0.5, 0.6) is 0 Å². The molecule has 8 heteroatoms. The molecule has 0 bridgehead atoms. The maximum Gasteiger partial charge on any atom is 0.230 e. The molecular formula is C20H29N5O2S. The van der Waals surface area contributed by atoms with Gasteiger partial charge in [-0.25, -0.2) is 9.97 Å². The summed E-state index contributed by atoms with van der Waals surface area (Å²) in [5, 5.41) is 7.93. The smallest absolute Gasteiger partial charge is 0.230 e. The molecule has 3 rings (SSSR count). The summed E-state index contributed by atoms with van der Waals surface area (Å²) in [5.74, 6) is 1.10. The number of ether oxygens (including phenoxy) is 1. The Morgan fingerprint density at radius 1 is 1.25 bits per heavy atom. The van der Waals surface area contributed by atoms with Gasteiger partial charge in [-0.3, -0.25) is 9.69 Å². The van der Waals surface area contributed by atoms with E-state index in [1.165, 1.54) is 11.8 Å². The number of fused-ring (bicyclic) bond motifs is 1. The summed E-state index contributed by atoms with van der Waals surface area (Å²) < 4.78 is 5.41. The number of hydrogen-bond donors (Lipinski definition) is 2. The van der Waals surface area contributed by atoms with E-state index in [2.05, 4.69) is 39.3 Å². The van der Waals surface area contributed by atoms with Crippen molar-refractivity contribution < 1.29 is 9.53 Å². The second-order valence-electron chi connectivity index (χ2n) is 7.38. The van der Waals surface area contributed by atoms with Crippen LogP contribution in [-0.4, -0.2) is 71.5 Å². The van der Waals surface area contributed by atoms with Crippen LogP contribution < -0.4 is 10.6 Å². The van der Waals surface area contributed by atoms with Gasteiger partial charge >= 0.3 is 0 Å². The number of anilines is 1. The van der Waals surface area contributed by atoms with Gasteiger partial charge in [0.1, 0.15) is 5.82 Å². The van der Waals surface area contributed by atoms with E-state index in [9.17, 15) is 4.79 Å². The first-order valence-electron chi connectivity index (χ1n) is 9.72. The monoisotopic (exact) mass is 403 g/mol. The van der Waals surface area contributed by atoms with Crippen molar-refractivity contribution in [1.82, 2.24) is 20.2 Å². The molecule has 0 unspecified atom stereocenters. The lowest BCUT2D eigenvalue weighted by atomic mass is 10.0. The molecular weight excluding hydrogens is 374 g/mol. The highest BCUT2D eigenvalue weighted by atomic mass is 32.2. The summed E-state index contributed by atoms with van der Waals surface area (Å²) in [6, 6.07) is 7.90. The van der Waals surface area contributed by atoms with Gasteiger partial charge in [0.2, 0.25) is 5.91 Å². The van der Waals surface area contributed by atoms with Gasteiger partial charge in [-0.05, 0) is 32.9 Å². The molecule has 2 heterocycles. The molecule has 0 radical (unpaired) electrons. The van der Waals surface area contributed by atoms with Crippen LogP contribution in [0.2, 0.25) is 0 Å². The van der Waals surface area contributed by atoms with Crippen molar-refractivity contribution >= 4 is 34.4 Å². The maximum atomic E-state index is 12.4. The van der Waals surface area contributed by atoms with Crippen molar-refractivity contribution in [2.75, 3.05) is 50.5 Å². The van der Waals surface area contributed by atoms with E-state index in [0.717, 1.165) is 49.6 Å². The fourth-order valence-corrected chi connectivity index (χ4v) is 3.88. The molecule has 152 valence electrons. The molecule has 0 saturated carbocycles. The predicted molar refractivity (Wildman–Crippen MR) is 114 cm³/mol. The lowest BCUT2D eigenvalue weighted by molar-refractivity contribution is -0.119. The zero-order chi connectivity index (χ0) is 20.0. The van der Waals surface area contributed by atoms with Gasteiger partial charge < -0.3 is 15.4 Å². The lowest BCUT2D eigenvalue weighted by Gasteiger charge is -2.40. The number of carbonyl (C=O) groups excluding carboxylic acids is 1. The van der Waals surface area contributed by atoms with Crippen molar-refractivity contribution in [2.24, 2.45) is 0 Å². The van der Waals surface area contributed by atoms with Crippen molar-refractivity contribution in [3.63, 3.8) is 0 Å². The fourth-order valence-electron chi connectivity index (χ4n) is 3.20. The van der Waals surface area contributed by atoms with Crippen molar-refractivity contribution in [1.29, 1.82) is 0 Å². The number of nitrogens with zero attached hydrogens (tertiary/aromatic N) is 3. The molecule has 2 N–H and O–H groups in total. The molecule has 28 heavy (non-hydrogen) atoms. The van der Waals surface area contributed by atoms with E-state index < -0.39 is 0 Å². The van der Waals surface area contributed by atoms with Crippen molar-refractivity contribution in [3.05, 3.63) is 24.3 Å². The SMILES string of the molecule is CCNc1nc(SCC(=O)NCC(C)(C)N2CCOCC2)nc2ccccc12. The summed E-state index contributed by atoms with van der Waals surface area (Å²) >= 11 is 1.36. The van der Waals surface area contributed by atoms with Crippen LogP contribution in [0.25, 0.3) is 10.9 Å². The fraction of sp³-hybridized carbons (Fsp3) is 0.550. The maximum absolute atomic E-state index is 12.4. The Hall–Kier alpha value is -1.90. The summed E-state index contributed by atoms with van der Waals surface area (Å²) in [6.45, 7) is 11.0. The number of amides is 1. The Balaban J connectivity index is 1.57. The van der Waals surface area contributed by atoms with Crippen LogP contribution >= 0.6 is 11.8 Å². The molecule has 0 spiro atoms. The molecule has 1 amide bonds. The Morgan fingerprint density at radius 2 is 2.00 bits per heavy atom. The standard InChI is InChI=1S/C20H29N5O2S/c1-4-21-18-15-7-5-6-8-16(15)23-19(24-18)28-13-17(26)22-14-20(2,3)25-9-11-27-12-10-25/h5-8H,4,9-14H2,1-3H3,(H,22,26)(H,21,23,24). The van der Waals surface area contributed by atoms with Gasteiger partial charge in [0.05, 0.1) is 24.5 Å². The zero-order valence-electron chi connectivity index (χ0n) is 16.8. The molecule has 1 aliphatic heterocycles. The third kappa shape index (κ3) is 5.33. The van der Waals surface area contributed by atoms with Gasteiger partial charge in [-0.2, -0.15) is 0 Å². The Bertz CT molecular complexity index is 808. The first-order chi connectivity index (χ1) is 13.5. The lowest BCUT2D eigenvalue weighted by Crippen LogP contribution is -2.55. The average molecular weight is 404 g/mol. The molecule has 0 aliphatic carbocycles. The first-order valence-corrected chi connectivity index (χ1v) is 10.7. The Labute approximate surface area is 170 Å². The molecule has 1 aliphatic rings.